The highest BCUT2D eigenvalue weighted by Crippen LogP contribution is 2.18. The van der Waals surface area contributed by atoms with Crippen molar-refractivity contribution in [1.29, 1.82) is 0 Å². The van der Waals surface area contributed by atoms with Gasteiger partial charge < -0.3 is 10.1 Å². The summed E-state index contributed by atoms with van der Waals surface area (Å²) >= 11 is 1.54. The van der Waals surface area contributed by atoms with Gasteiger partial charge in [-0.2, -0.15) is 5.10 Å². The number of carbonyl (C=O) groups is 2. The topological polar surface area (TPSA) is 73.2 Å². The first-order chi connectivity index (χ1) is 13.4. The zero-order valence-electron chi connectivity index (χ0n) is 15.9. The van der Waals surface area contributed by atoms with Crippen LogP contribution in [0.5, 0.6) is 0 Å². The SMILES string of the molecule is Cc1ccc(-n2nc(C)cc2NC(=O)COC(=O)/C=C/c2sccc2C)cc1. The van der Waals surface area contributed by atoms with E-state index in [0.717, 1.165) is 27.4 Å². The number of rotatable bonds is 6. The standard InChI is InChI=1S/C21H21N3O3S/c1-14-4-6-17(7-5-14)24-19(12-16(3)23-24)22-20(25)13-27-21(26)9-8-18-15(2)10-11-28-18/h4-12H,13H2,1-3H3,(H,22,25)/b9-8+. The molecule has 0 aliphatic carbocycles. The number of thiophene rings is 1. The molecule has 7 heteroatoms. The molecule has 0 saturated heterocycles. The van der Waals surface area contributed by atoms with Crippen molar-refractivity contribution in [2.45, 2.75) is 20.8 Å². The van der Waals surface area contributed by atoms with Gasteiger partial charge in [-0.05, 0) is 56.0 Å². The largest absolute Gasteiger partial charge is 0.452 e. The number of nitrogens with one attached hydrogen (secondary N) is 1. The van der Waals surface area contributed by atoms with Gasteiger partial charge in [-0.15, -0.1) is 11.3 Å². The van der Waals surface area contributed by atoms with Crippen molar-refractivity contribution < 1.29 is 14.3 Å². The van der Waals surface area contributed by atoms with E-state index in [9.17, 15) is 9.59 Å². The number of anilines is 1. The molecule has 1 aromatic carbocycles. The highest BCUT2D eigenvalue weighted by Gasteiger charge is 2.12. The Morgan fingerprint density at radius 1 is 1.18 bits per heavy atom. The highest BCUT2D eigenvalue weighted by molar-refractivity contribution is 7.11. The van der Waals surface area contributed by atoms with Crippen molar-refractivity contribution in [1.82, 2.24) is 9.78 Å². The smallest absolute Gasteiger partial charge is 0.331 e. The molecule has 144 valence electrons. The zero-order valence-corrected chi connectivity index (χ0v) is 16.7. The fourth-order valence-corrected chi connectivity index (χ4v) is 3.35. The Hall–Kier alpha value is -3.19. The molecule has 0 bridgehead atoms. The van der Waals surface area contributed by atoms with E-state index in [1.54, 1.807) is 16.8 Å². The number of aryl methyl sites for hydroxylation is 3. The number of amides is 1. The van der Waals surface area contributed by atoms with E-state index in [1.807, 2.05) is 56.5 Å². The molecule has 0 atom stereocenters. The molecule has 0 spiro atoms. The van der Waals surface area contributed by atoms with E-state index < -0.39 is 11.9 Å². The lowest BCUT2D eigenvalue weighted by molar-refractivity contribution is -0.142. The summed E-state index contributed by atoms with van der Waals surface area (Å²) in [7, 11) is 0. The number of ether oxygens (including phenoxy) is 1. The minimum absolute atomic E-state index is 0.370. The normalized spacial score (nSPS) is 11.0. The minimum Gasteiger partial charge on any atom is -0.452 e. The third-order valence-electron chi connectivity index (χ3n) is 4.00. The van der Waals surface area contributed by atoms with Crippen LogP contribution in [0.1, 0.15) is 21.7 Å². The molecule has 1 amide bonds. The van der Waals surface area contributed by atoms with E-state index in [2.05, 4.69) is 10.4 Å². The average molecular weight is 395 g/mol. The van der Waals surface area contributed by atoms with Crippen LogP contribution in [-0.2, 0) is 14.3 Å². The van der Waals surface area contributed by atoms with Gasteiger partial charge in [-0.1, -0.05) is 17.7 Å². The van der Waals surface area contributed by atoms with Crippen molar-refractivity contribution in [3.63, 3.8) is 0 Å². The lowest BCUT2D eigenvalue weighted by Gasteiger charge is -2.09. The molecule has 0 fully saturated rings. The van der Waals surface area contributed by atoms with Crippen LogP contribution in [0.15, 0.2) is 47.9 Å². The number of carbonyl (C=O) groups excluding carboxylic acids is 2. The van der Waals surface area contributed by atoms with Crippen LogP contribution in [0.4, 0.5) is 5.82 Å². The van der Waals surface area contributed by atoms with Crippen LogP contribution in [0.2, 0.25) is 0 Å². The first kappa shape index (κ1) is 19.6. The fraction of sp³-hybridized carbons (Fsp3) is 0.190. The number of hydrogen-bond acceptors (Lipinski definition) is 5. The summed E-state index contributed by atoms with van der Waals surface area (Å²) in [4.78, 5) is 25.0. The second kappa shape index (κ2) is 8.67. The van der Waals surface area contributed by atoms with Crippen molar-refractivity contribution in [3.8, 4) is 5.69 Å². The quantitative estimate of drug-likeness (QED) is 0.505. The Kier molecular flexibility index (Phi) is 6.06. The van der Waals surface area contributed by atoms with Crippen molar-refractivity contribution in [2.24, 2.45) is 0 Å². The summed E-state index contributed by atoms with van der Waals surface area (Å²) in [5.41, 5.74) is 3.82. The molecule has 0 aliphatic rings. The number of aromatic nitrogens is 2. The van der Waals surface area contributed by atoms with E-state index in [4.69, 9.17) is 4.74 Å². The summed E-state index contributed by atoms with van der Waals surface area (Å²) in [6.07, 6.45) is 3.02. The second-order valence-corrected chi connectivity index (χ2v) is 7.32. The molecular formula is C21H21N3O3S. The van der Waals surface area contributed by atoms with Gasteiger partial charge in [-0.25, -0.2) is 9.48 Å². The number of esters is 1. The number of hydrogen-bond donors (Lipinski definition) is 1. The maximum absolute atomic E-state index is 12.2. The predicted molar refractivity (Wildman–Crippen MR) is 111 cm³/mol. The number of benzene rings is 1. The maximum Gasteiger partial charge on any atom is 0.331 e. The molecule has 3 aromatic rings. The van der Waals surface area contributed by atoms with E-state index in [0.29, 0.717) is 5.82 Å². The van der Waals surface area contributed by atoms with Gasteiger partial charge in [0.25, 0.3) is 5.91 Å². The summed E-state index contributed by atoms with van der Waals surface area (Å²) < 4.78 is 6.67. The summed E-state index contributed by atoms with van der Waals surface area (Å²) in [6, 6.07) is 11.5. The van der Waals surface area contributed by atoms with Gasteiger partial charge in [0, 0.05) is 17.0 Å². The Morgan fingerprint density at radius 2 is 1.93 bits per heavy atom. The average Bonchev–Trinajstić information content (AvgIpc) is 3.24. The predicted octanol–water partition coefficient (Wildman–Crippen LogP) is 4.05. The summed E-state index contributed by atoms with van der Waals surface area (Å²) in [5, 5.41) is 9.10. The molecule has 2 heterocycles. The molecule has 3 rings (SSSR count). The van der Waals surface area contributed by atoms with Crippen LogP contribution in [0.25, 0.3) is 11.8 Å². The molecule has 1 N–H and O–H groups in total. The number of nitrogens with zero attached hydrogens (tertiary/aromatic N) is 2. The van der Waals surface area contributed by atoms with Gasteiger partial charge in [0.1, 0.15) is 5.82 Å². The molecule has 0 radical (unpaired) electrons. The summed E-state index contributed by atoms with van der Waals surface area (Å²) in [6.45, 7) is 5.44. The Balaban J connectivity index is 1.59. The molecular weight excluding hydrogens is 374 g/mol. The highest BCUT2D eigenvalue weighted by atomic mass is 32.1. The lowest BCUT2D eigenvalue weighted by Crippen LogP contribution is -2.21. The van der Waals surface area contributed by atoms with Gasteiger partial charge in [0.2, 0.25) is 0 Å². The molecule has 0 saturated carbocycles. The van der Waals surface area contributed by atoms with Crippen LogP contribution in [0, 0.1) is 20.8 Å². The fourth-order valence-electron chi connectivity index (χ4n) is 2.53. The Morgan fingerprint density at radius 3 is 2.61 bits per heavy atom. The van der Waals surface area contributed by atoms with Crippen LogP contribution in [0.3, 0.4) is 0 Å². The third kappa shape index (κ3) is 4.95. The van der Waals surface area contributed by atoms with E-state index in [1.165, 1.54) is 17.4 Å². The van der Waals surface area contributed by atoms with Crippen molar-refractivity contribution in [3.05, 3.63) is 69.6 Å². The monoisotopic (exact) mass is 395 g/mol. The van der Waals surface area contributed by atoms with Crippen LogP contribution in [-0.4, -0.2) is 28.3 Å². The molecule has 2 aromatic heterocycles. The second-order valence-electron chi connectivity index (χ2n) is 6.38. The van der Waals surface area contributed by atoms with Gasteiger partial charge in [0.05, 0.1) is 11.4 Å². The Labute approximate surface area is 167 Å². The third-order valence-corrected chi connectivity index (χ3v) is 4.98. The first-order valence-corrected chi connectivity index (χ1v) is 9.63. The van der Waals surface area contributed by atoms with Crippen molar-refractivity contribution >= 4 is 35.1 Å². The summed E-state index contributed by atoms with van der Waals surface area (Å²) in [5.74, 6) is -0.472. The van der Waals surface area contributed by atoms with E-state index in [-0.39, 0.29) is 6.61 Å². The zero-order chi connectivity index (χ0) is 20.1. The minimum atomic E-state index is -0.564. The van der Waals surface area contributed by atoms with Gasteiger partial charge >= 0.3 is 5.97 Å². The lowest BCUT2D eigenvalue weighted by atomic mass is 10.2. The molecule has 28 heavy (non-hydrogen) atoms. The molecule has 0 aliphatic heterocycles. The van der Waals surface area contributed by atoms with Crippen molar-refractivity contribution in [2.75, 3.05) is 11.9 Å². The Bertz CT molecular complexity index is 1020. The van der Waals surface area contributed by atoms with Crippen LogP contribution >= 0.6 is 11.3 Å². The van der Waals surface area contributed by atoms with E-state index >= 15 is 0 Å². The van der Waals surface area contributed by atoms with Gasteiger partial charge in [-0.3, -0.25) is 4.79 Å². The van der Waals surface area contributed by atoms with Gasteiger partial charge in [0.15, 0.2) is 6.61 Å². The maximum atomic E-state index is 12.2. The first-order valence-electron chi connectivity index (χ1n) is 8.75. The van der Waals surface area contributed by atoms with Crippen LogP contribution < -0.4 is 5.32 Å². The molecule has 0 unspecified atom stereocenters. The molecule has 6 nitrogen and oxygen atoms in total.